The molecule has 166 valence electrons. The molecule has 0 N–H and O–H groups in total. The van der Waals surface area contributed by atoms with Crippen LogP contribution in [0.25, 0.3) is 22.1 Å². The number of thioether (sulfide) groups is 1. The van der Waals surface area contributed by atoms with Crippen LogP contribution in [0.2, 0.25) is 0 Å². The maximum atomic E-state index is 13.4. The molecule has 0 aliphatic carbocycles. The molecule has 5 rings (SSSR count). The van der Waals surface area contributed by atoms with Crippen LogP contribution in [0, 0.1) is 0 Å². The Balaban J connectivity index is 1.56. The Hall–Kier alpha value is -3.36. The average Bonchev–Trinajstić information content (AvgIpc) is 3.49. The number of thiophene rings is 1. The van der Waals surface area contributed by atoms with Gasteiger partial charge in [-0.15, -0.1) is 21.5 Å². The van der Waals surface area contributed by atoms with Crippen LogP contribution in [0.3, 0.4) is 0 Å². The highest BCUT2D eigenvalue weighted by Crippen LogP contribution is 2.28. The molecule has 0 spiro atoms. The quantitative estimate of drug-likeness (QED) is 0.278. The number of rotatable bonds is 8. The number of para-hydroxylation sites is 1. The third-order valence-electron chi connectivity index (χ3n) is 5.37. The standard InChI is InChI=1S/C25H22N4O2S2/c1-3-17-9-11-18(12-10-17)16-33-25-27-26-24-28(15-19-7-5-6-8-21(19)31-4-2)23(30)22-20(29(24)25)13-14-32-22/h3,5-14H,1,4,15-16H2,2H3. The maximum absolute atomic E-state index is 13.4. The first-order chi connectivity index (χ1) is 16.2. The predicted octanol–water partition coefficient (Wildman–Crippen LogP) is 5.49. The molecule has 0 saturated heterocycles. The van der Waals surface area contributed by atoms with E-state index < -0.39 is 0 Å². The molecular formula is C25H22N4O2S2. The summed E-state index contributed by atoms with van der Waals surface area (Å²) in [6.45, 7) is 6.67. The number of nitrogens with zero attached hydrogens (tertiary/aromatic N) is 4. The summed E-state index contributed by atoms with van der Waals surface area (Å²) in [5.74, 6) is 2.05. The summed E-state index contributed by atoms with van der Waals surface area (Å²) in [5, 5.41) is 11.6. The maximum Gasteiger partial charge on any atom is 0.273 e. The van der Waals surface area contributed by atoms with Crippen molar-refractivity contribution < 1.29 is 4.74 Å². The first-order valence-corrected chi connectivity index (χ1v) is 12.5. The van der Waals surface area contributed by atoms with Crippen LogP contribution < -0.4 is 10.3 Å². The van der Waals surface area contributed by atoms with E-state index in [1.165, 1.54) is 16.9 Å². The van der Waals surface area contributed by atoms with Gasteiger partial charge >= 0.3 is 0 Å². The van der Waals surface area contributed by atoms with Crippen LogP contribution in [-0.2, 0) is 12.3 Å². The topological polar surface area (TPSA) is 61.4 Å². The third-order valence-corrected chi connectivity index (χ3v) is 7.26. The number of hydrogen-bond donors (Lipinski definition) is 0. The molecule has 3 heterocycles. The van der Waals surface area contributed by atoms with E-state index in [1.54, 1.807) is 16.3 Å². The fourth-order valence-corrected chi connectivity index (χ4v) is 5.45. The van der Waals surface area contributed by atoms with Crippen molar-refractivity contribution >= 4 is 45.2 Å². The van der Waals surface area contributed by atoms with Crippen LogP contribution in [-0.4, -0.2) is 25.8 Å². The lowest BCUT2D eigenvalue weighted by atomic mass is 10.1. The second kappa shape index (κ2) is 9.25. The van der Waals surface area contributed by atoms with Crippen molar-refractivity contribution in [1.29, 1.82) is 0 Å². The van der Waals surface area contributed by atoms with Crippen LogP contribution in [0.5, 0.6) is 5.75 Å². The summed E-state index contributed by atoms with van der Waals surface area (Å²) >= 11 is 3.04. The van der Waals surface area contributed by atoms with E-state index >= 15 is 0 Å². The Morgan fingerprint density at radius 3 is 2.73 bits per heavy atom. The van der Waals surface area contributed by atoms with Gasteiger partial charge in [-0.2, -0.15) is 0 Å². The van der Waals surface area contributed by atoms with E-state index in [9.17, 15) is 4.79 Å². The number of fused-ring (bicyclic) bond motifs is 3. The van der Waals surface area contributed by atoms with Crippen LogP contribution in [0.4, 0.5) is 0 Å². The number of ether oxygens (including phenoxy) is 1. The monoisotopic (exact) mass is 474 g/mol. The fourth-order valence-electron chi connectivity index (χ4n) is 3.73. The second-order valence-corrected chi connectivity index (χ2v) is 9.28. The largest absolute Gasteiger partial charge is 0.494 e. The predicted molar refractivity (Wildman–Crippen MR) is 135 cm³/mol. The molecule has 6 nitrogen and oxygen atoms in total. The third kappa shape index (κ3) is 4.07. The Labute approximate surface area is 199 Å². The number of benzene rings is 2. The highest BCUT2D eigenvalue weighted by Gasteiger charge is 2.19. The average molecular weight is 475 g/mol. The zero-order valence-corrected chi connectivity index (χ0v) is 19.7. The molecule has 0 unspecified atom stereocenters. The van der Waals surface area contributed by atoms with Crippen molar-refractivity contribution in [3.8, 4) is 5.75 Å². The molecule has 33 heavy (non-hydrogen) atoms. The van der Waals surface area contributed by atoms with Crippen molar-refractivity contribution in [2.24, 2.45) is 0 Å². The lowest BCUT2D eigenvalue weighted by Gasteiger charge is -2.13. The van der Waals surface area contributed by atoms with Gasteiger partial charge in [0, 0.05) is 11.3 Å². The lowest BCUT2D eigenvalue weighted by molar-refractivity contribution is 0.336. The van der Waals surface area contributed by atoms with Crippen LogP contribution in [0.15, 0.2) is 76.5 Å². The van der Waals surface area contributed by atoms with Crippen molar-refractivity contribution in [3.63, 3.8) is 0 Å². The van der Waals surface area contributed by atoms with Crippen molar-refractivity contribution in [3.05, 3.63) is 93.6 Å². The van der Waals surface area contributed by atoms with Crippen molar-refractivity contribution in [2.75, 3.05) is 6.61 Å². The van der Waals surface area contributed by atoms with Crippen molar-refractivity contribution in [1.82, 2.24) is 19.2 Å². The van der Waals surface area contributed by atoms with E-state index in [4.69, 9.17) is 4.74 Å². The zero-order valence-electron chi connectivity index (χ0n) is 18.1. The first kappa shape index (κ1) is 21.5. The molecule has 5 aromatic rings. The Kier molecular flexibility index (Phi) is 6.02. The Bertz CT molecular complexity index is 1500. The summed E-state index contributed by atoms with van der Waals surface area (Å²) in [6, 6.07) is 18.0. The minimum Gasteiger partial charge on any atom is -0.494 e. The van der Waals surface area contributed by atoms with Gasteiger partial charge in [0.1, 0.15) is 10.4 Å². The van der Waals surface area contributed by atoms with Gasteiger partial charge in [0.05, 0.1) is 18.7 Å². The van der Waals surface area contributed by atoms with Gasteiger partial charge in [-0.3, -0.25) is 13.8 Å². The highest BCUT2D eigenvalue weighted by atomic mass is 32.2. The molecule has 0 amide bonds. The zero-order chi connectivity index (χ0) is 22.8. The summed E-state index contributed by atoms with van der Waals surface area (Å²) < 4.78 is 10.1. The smallest absolute Gasteiger partial charge is 0.273 e. The molecule has 0 radical (unpaired) electrons. The lowest BCUT2D eigenvalue weighted by Crippen LogP contribution is -2.23. The van der Waals surface area contributed by atoms with E-state index in [1.807, 2.05) is 53.1 Å². The Morgan fingerprint density at radius 1 is 1.12 bits per heavy atom. The van der Waals surface area contributed by atoms with E-state index in [-0.39, 0.29) is 5.56 Å². The van der Waals surface area contributed by atoms with Gasteiger partial charge < -0.3 is 4.74 Å². The summed E-state index contributed by atoms with van der Waals surface area (Å²) in [7, 11) is 0. The van der Waals surface area contributed by atoms with Crippen molar-refractivity contribution in [2.45, 2.75) is 24.4 Å². The molecule has 0 aliphatic heterocycles. The minimum absolute atomic E-state index is 0.0669. The minimum atomic E-state index is -0.0669. The number of aromatic nitrogens is 4. The highest BCUT2D eigenvalue weighted by molar-refractivity contribution is 7.98. The van der Waals surface area contributed by atoms with E-state index in [2.05, 4.69) is 41.0 Å². The molecule has 0 aliphatic rings. The van der Waals surface area contributed by atoms with E-state index in [0.29, 0.717) is 23.6 Å². The fraction of sp³-hybridized carbons (Fsp3) is 0.160. The van der Waals surface area contributed by atoms with Gasteiger partial charge in [-0.25, -0.2) is 0 Å². The first-order valence-electron chi connectivity index (χ1n) is 10.6. The van der Waals surface area contributed by atoms with Crippen LogP contribution >= 0.6 is 23.1 Å². The SMILES string of the molecule is C=Cc1ccc(CSc2nnc3n(Cc4ccccc4OCC)c(=O)c4sccc4n23)cc1. The van der Waals surface area contributed by atoms with Gasteiger partial charge in [0.15, 0.2) is 5.16 Å². The van der Waals surface area contributed by atoms with Gasteiger partial charge in [-0.05, 0) is 35.6 Å². The summed E-state index contributed by atoms with van der Waals surface area (Å²) in [5.41, 5.74) is 3.97. The molecule has 0 bridgehead atoms. The normalized spacial score (nSPS) is 11.3. The number of hydrogen-bond acceptors (Lipinski definition) is 6. The Morgan fingerprint density at radius 2 is 1.94 bits per heavy atom. The van der Waals surface area contributed by atoms with Crippen LogP contribution in [0.1, 0.15) is 23.6 Å². The molecular weight excluding hydrogens is 452 g/mol. The molecule has 8 heteroatoms. The van der Waals surface area contributed by atoms with Gasteiger partial charge in [-0.1, -0.05) is 66.9 Å². The van der Waals surface area contributed by atoms with Gasteiger partial charge in [0.25, 0.3) is 5.56 Å². The summed E-state index contributed by atoms with van der Waals surface area (Å²) in [4.78, 5) is 13.4. The second-order valence-electron chi connectivity index (χ2n) is 7.42. The van der Waals surface area contributed by atoms with E-state index in [0.717, 1.165) is 33.3 Å². The molecule has 3 aromatic heterocycles. The molecule has 0 fully saturated rings. The molecule has 0 atom stereocenters. The summed E-state index contributed by atoms with van der Waals surface area (Å²) in [6.07, 6.45) is 1.83. The van der Waals surface area contributed by atoms with Gasteiger partial charge in [0.2, 0.25) is 5.78 Å². The molecule has 2 aromatic carbocycles. The molecule has 0 saturated carbocycles.